The van der Waals surface area contributed by atoms with Crippen LogP contribution in [-0.4, -0.2) is 33.2 Å². The summed E-state index contributed by atoms with van der Waals surface area (Å²) in [4.78, 5) is 16.4. The van der Waals surface area contributed by atoms with Crippen molar-refractivity contribution in [1.29, 1.82) is 0 Å². The molecule has 0 spiro atoms. The molecule has 0 radical (unpaired) electrons. The van der Waals surface area contributed by atoms with Crippen molar-refractivity contribution >= 4 is 17.9 Å². The molecule has 7 nitrogen and oxygen atoms in total. The summed E-state index contributed by atoms with van der Waals surface area (Å²) in [5.74, 6) is 2.25. The molecule has 1 aromatic carbocycles. The van der Waals surface area contributed by atoms with Crippen LogP contribution >= 0.6 is 0 Å². The van der Waals surface area contributed by atoms with E-state index in [1.165, 1.54) is 14.2 Å². The van der Waals surface area contributed by atoms with E-state index in [0.717, 1.165) is 5.76 Å². The van der Waals surface area contributed by atoms with Crippen molar-refractivity contribution in [1.82, 2.24) is 0 Å². The van der Waals surface area contributed by atoms with E-state index >= 15 is 0 Å². The molecular weight excluding hydrogens is 338 g/mol. The molecular formula is C19H19NO6. The van der Waals surface area contributed by atoms with Crippen LogP contribution in [0.25, 0.3) is 6.08 Å². The second kappa shape index (κ2) is 7.77. The SMILES string of the molecule is COc1cc(OC)c(OC)cc1/C=C1/N=C(CCc2ccco2)OC1=O. The van der Waals surface area contributed by atoms with Crippen LogP contribution in [0.4, 0.5) is 0 Å². The number of hydrogen-bond donors (Lipinski definition) is 0. The third-order valence-electron chi connectivity index (χ3n) is 3.86. The first-order valence-corrected chi connectivity index (χ1v) is 7.98. The number of aliphatic imine (C=N–C) groups is 1. The van der Waals surface area contributed by atoms with Gasteiger partial charge in [0.25, 0.3) is 0 Å². The average molecular weight is 357 g/mol. The normalized spacial score (nSPS) is 15.0. The third-order valence-corrected chi connectivity index (χ3v) is 3.86. The first-order chi connectivity index (χ1) is 12.6. The molecule has 1 aliphatic rings. The summed E-state index contributed by atoms with van der Waals surface area (Å²) in [6.07, 6.45) is 4.28. The predicted octanol–water partition coefficient (Wildman–Crippen LogP) is 3.23. The molecule has 0 amide bonds. The molecule has 26 heavy (non-hydrogen) atoms. The van der Waals surface area contributed by atoms with Gasteiger partial charge < -0.3 is 23.4 Å². The van der Waals surface area contributed by atoms with Gasteiger partial charge in [-0.25, -0.2) is 9.79 Å². The molecule has 0 saturated heterocycles. The lowest BCUT2D eigenvalue weighted by Gasteiger charge is -2.12. The van der Waals surface area contributed by atoms with Gasteiger partial charge in [0, 0.05) is 24.5 Å². The van der Waals surface area contributed by atoms with Crippen LogP contribution < -0.4 is 14.2 Å². The van der Waals surface area contributed by atoms with Crippen LogP contribution in [0.5, 0.6) is 17.2 Å². The zero-order valence-electron chi connectivity index (χ0n) is 14.8. The predicted molar refractivity (Wildman–Crippen MR) is 94.6 cm³/mol. The Bertz CT molecular complexity index is 851. The lowest BCUT2D eigenvalue weighted by molar-refractivity contribution is -0.130. The number of carbonyl (C=O) groups is 1. The Hall–Kier alpha value is -3.22. The van der Waals surface area contributed by atoms with Crippen molar-refractivity contribution in [2.24, 2.45) is 4.99 Å². The van der Waals surface area contributed by atoms with E-state index < -0.39 is 5.97 Å². The Kier molecular flexibility index (Phi) is 5.26. The molecule has 0 fully saturated rings. The molecule has 0 N–H and O–H groups in total. The highest BCUT2D eigenvalue weighted by Gasteiger charge is 2.24. The van der Waals surface area contributed by atoms with Gasteiger partial charge in [0.05, 0.1) is 27.6 Å². The number of esters is 1. The summed E-state index contributed by atoms with van der Waals surface area (Å²) in [5.41, 5.74) is 0.832. The fraction of sp³-hybridized carbons (Fsp3) is 0.263. The third kappa shape index (κ3) is 3.72. The lowest BCUT2D eigenvalue weighted by atomic mass is 10.1. The van der Waals surface area contributed by atoms with Gasteiger partial charge in [-0.05, 0) is 24.3 Å². The zero-order chi connectivity index (χ0) is 18.5. The van der Waals surface area contributed by atoms with Crippen LogP contribution in [0.2, 0.25) is 0 Å². The maximum atomic E-state index is 12.1. The molecule has 0 saturated carbocycles. The zero-order valence-corrected chi connectivity index (χ0v) is 14.8. The van der Waals surface area contributed by atoms with Gasteiger partial charge in [0.15, 0.2) is 23.1 Å². The molecule has 3 rings (SSSR count). The largest absolute Gasteiger partial charge is 0.496 e. The first-order valence-electron chi connectivity index (χ1n) is 7.98. The van der Waals surface area contributed by atoms with E-state index in [0.29, 0.717) is 41.6 Å². The van der Waals surface area contributed by atoms with Crippen molar-refractivity contribution in [3.8, 4) is 17.2 Å². The van der Waals surface area contributed by atoms with Crippen molar-refractivity contribution in [3.63, 3.8) is 0 Å². The summed E-state index contributed by atoms with van der Waals surface area (Å²) in [7, 11) is 4.61. The van der Waals surface area contributed by atoms with Crippen molar-refractivity contribution in [2.75, 3.05) is 21.3 Å². The highest BCUT2D eigenvalue weighted by molar-refractivity contribution is 6.07. The molecule has 0 atom stereocenters. The van der Waals surface area contributed by atoms with Gasteiger partial charge in [-0.3, -0.25) is 0 Å². The monoisotopic (exact) mass is 357 g/mol. The van der Waals surface area contributed by atoms with E-state index in [4.69, 9.17) is 23.4 Å². The minimum absolute atomic E-state index is 0.199. The molecule has 0 bridgehead atoms. The number of aryl methyl sites for hydroxylation is 1. The van der Waals surface area contributed by atoms with Crippen LogP contribution in [0.1, 0.15) is 17.7 Å². The summed E-state index contributed by atoms with van der Waals surface area (Å²) in [5, 5.41) is 0. The van der Waals surface area contributed by atoms with Gasteiger partial charge >= 0.3 is 5.97 Å². The number of rotatable bonds is 7. The van der Waals surface area contributed by atoms with Gasteiger partial charge in [-0.15, -0.1) is 0 Å². The standard InChI is InChI=1S/C19H19NO6/c1-22-15-11-17(24-3)16(23-2)10-12(15)9-14-19(21)26-18(20-14)7-6-13-5-4-8-25-13/h4-5,8-11H,6-7H2,1-3H3/b14-9+. The summed E-state index contributed by atoms with van der Waals surface area (Å²) in [6.45, 7) is 0. The van der Waals surface area contributed by atoms with Crippen molar-refractivity contribution in [3.05, 3.63) is 47.5 Å². The van der Waals surface area contributed by atoms with Crippen molar-refractivity contribution in [2.45, 2.75) is 12.8 Å². The minimum Gasteiger partial charge on any atom is -0.496 e. The smallest absolute Gasteiger partial charge is 0.363 e. The van der Waals surface area contributed by atoms with Crippen LogP contribution in [-0.2, 0) is 16.0 Å². The summed E-state index contributed by atoms with van der Waals surface area (Å²) >= 11 is 0. The summed E-state index contributed by atoms with van der Waals surface area (Å²) < 4.78 is 26.4. The van der Waals surface area contributed by atoms with Crippen LogP contribution in [0, 0.1) is 0 Å². The molecule has 1 aromatic heterocycles. The molecule has 136 valence electrons. The summed E-state index contributed by atoms with van der Waals surface area (Å²) in [6, 6.07) is 7.08. The number of hydrogen-bond acceptors (Lipinski definition) is 7. The van der Waals surface area contributed by atoms with E-state index in [9.17, 15) is 4.79 Å². The number of ether oxygens (including phenoxy) is 4. The Morgan fingerprint density at radius 3 is 2.42 bits per heavy atom. The van der Waals surface area contributed by atoms with E-state index in [1.807, 2.05) is 12.1 Å². The van der Waals surface area contributed by atoms with Crippen LogP contribution in [0.3, 0.4) is 0 Å². The minimum atomic E-state index is -0.503. The fourth-order valence-corrected chi connectivity index (χ4v) is 2.56. The maximum absolute atomic E-state index is 12.1. The number of benzene rings is 1. The maximum Gasteiger partial charge on any atom is 0.363 e. The number of carbonyl (C=O) groups excluding carboxylic acids is 1. The Morgan fingerprint density at radius 1 is 1.04 bits per heavy atom. The topological polar surface area (TPSA) is 79.5 Å². The lowest BCUT2D eigenvalue weighted by Crippen LogP contribution is -2.05. The fourth-order valence-electron chi connectivity index (χ4n) is 2.56. The van der Waals surface area contributed by atoms with E-state index in [1.54, 1.807) is 31.6 Å². The second-order valence-electron chi connectivity index (χ2n) is 5.45. The molecule has 0 unspecified atom stereocenters. The first kappa shape index (κ1) is 17.6. The number of methoxy groups -OCH3 is 3. The van der Waals surface area contributed by atoms with Crippen LogP contribution in [0.15, 0.2) is 45.6 Å². The molecule has 7 heteroatoms. The quantitative estimate of drug-likeness (QED) is 0.559. The van der Waals surface area contributed by atoms with Gasteiger partial charge in [-0.1, -0.05) is 0 Å². The second-order valence-corrected chi connectivity index (χ2v) is 5.45. The number of cyclic esters (lactones) is 1. The van der Waals surface area contributed by atoms with Gasteiger partial charge in [0.2, 0.25) is 0 Å². The van der Waals surface area contributed by atoms with Crippen molar-refractivity contribution < 1.29 is 28.2 Å². The highest BCUT2D eigenvalue weighted by Crippen LogP contribution is 2.36. The van der Waals surface area contributed by atoms with E-state index in [-0.39, 0.29) is 5.70 Å². The number of nitrogens with zero attached hydrogens (tertiary/aromatic N) is 1. The van der Waals surface area contributed by atoms with Gasteiger partial charge in [0.1, 0.15) is 11.5 Å². The average Bonchev–Trinajstić information content (AvgIpc) is 3.29. The highest BCUT2D eigenvalue weighted by atomic mass is 16.6. The van der Waals surface area contributed by atoms with E-state index in [2.05, 4.69) is 4.99 Å². The molecule has 2 aromatic rings. The number of furan rings is 1. The Morgan fingerprint density at radius 2 is 1.77 bits per heavy atom. The Labute approximate surface area is 150 Å². The molecule has 0 aliphatic carbocycles. The molecule has 2 heterocycles. The Balaban J connectivity index is 1.85. The van der Waals surface area contributed by atoms with Gasteiger partial charge in [-0.2, -0.15) is 0 Å². The molecule has 1 aliphatic heterocycles.